The molecule has 1 spiro atoms. The molecule has 0 atom stereocenters. The smallest absolute Gasteiger partial charge is 0.244 e. The Labute approximate surface area is 163 Å². The maximum absolute atomic E-state index is 12.5. The molecule has 5 rings (SSSR count). The average Bonchev–Trinajstić information content (AvgIpc) is 3.06. The third-order valence-corrected chi connectivity index (χ3v) is 6.16. The number of carbonyl (C=O) groups excluding carboxylic acids is 1. The van der Waals surface area contributed by atoms with Gasteiger partial charge in [-0.15, -0.1) is 0 Å². The normalized spacial score (nSPS) is 19.0. The first-order valence-corrected chi connectivity index (χ1v) is 9.80. The summed E-state index contributed by atoms with van der Waals surface area (Å²) in [5.41, 5.74) is 8.46. The van der Waals surface area contributed by atoms with Crippen molar-refractivity contribution in [3.05, 3.63) is 60.6 Å². The number of ether oxygens (including phenoxy) is 1. The molecule has 144 valence electrons. The molecule has 3 N–H and O–H groups in total. The van der Waals surface area contributed by atoms with E-state index in [4.69, 9.17) is 10.5 Å². The number of pyridine rings is 1. The quantitative estimate of drug-likeness (QED) is 0.714. The van der Waals surface area contributed by atoms with Gasteiger partial charge in [-0.05, 0) is 67.5 Å². The first kappa shape index (κ1) is 17.3. The fourth-order valence-electron chi connectivity index (χ4n) is 4.58. The van der Waals surface area contributed by atoms with E-state index >= 15 is 0 Å². The second-order valence-corrected chi connectivity index (χ2v) is 8.33. The highest BCUT2D eigenvalue weighted by Gasteiger charge is 2.58. The molecule has 1 aromatic carbocycles. The number of anilines is 1. The van der Waals surface area contributed by atoms with Crippen LogP contribution in [0.25, 0.3) is 5.65 Å². The van der Waals surface area contributed by atoms with Crippen molar-refractivity contribution in [3.8, 4) is 5.75 Å². The predicted octanol–water partition coefficient (Wildman–Crippen LogP) is 3.51. The fourth-order valence-corrected chi connectivity index (χ4v) is 4.58. The number of nitrogens with two attached hydrogens (primary N) is 1. The maximum atomic E-state index is 12.5. The molecule has 2 aromatic heterocycles. The van der Waals surface area contributed by atoms with Crippen LogP contribution in [0, 0.1) is 5.41 Å². The summed E-state index contributed by atoms with van der Waals surface area (Å²) in [5, 5.41) is 2.95. The number of fused-ring (bicyclic) bond motifs is 1. The molecule has 6 nitrogen and oxygen atoms in total. The summed E-state index contributed by atoms with van der Waals surface area (Å²) >= 11 is 0. The van der Waals surface area contributed by atoms with E-state index in [0.717, 1.165) is 35.6 Å². The monoisotopic (exact) mass is 376 g/mol. The lowest BCUT2D eigenvalue weighted by Gasteiger charge is -2.58. The minimum atomic E-state index is -0.710. The van der Waals surface area contributed by atoms with Crippen molar-refractivity contribution in [3.63, 3.8) is 0 Å². The van der Waals surface area contributed by atoms with E-state index in [2.05, 4.69) is 10.3 Å². The van der Waals surface area contributed by atoms with Gasteiger partial charge in [0.2, 0.25) is 5.91 Å². The van der Waals surface area contributed by atoms with Gasteiger partial charge >= 0.3 is 0 Å². The van der Waals surface area contributed by atoms with Crippen molar-refractivity contribution in [2.45, 2.75) is 44.2 Å². The summed E-state index contributed by atoms with van der Waals surface area (Å²) < 4.78 is 7.78. The van der Waals surface area contributed by atoms with Crippen LogP contribution in [-0.2, 0) is 11.4 Å². The summed E-state index contributed by atoms with van der Waals surface area (Å²) in [4.78, 5) is 17.1. The lowest BCUT2D eigenvalue weighted by Crippen LogP contribution is -2.66. The zero-order valence-corrected chi connectivity index (χ0v) is 15.7. The first-order valence-electron chi connectivity index (χ1n) is 9.80. The van der Waals surface area contributed by atoms with Crippen molar-refractivity contribution in [2.75, 3.05) is 5.32 Å². The highest BCUT2D eigenvalue weighted by atomic mass is 16.5. The van der Waals surface area contributed by atoms with E-state index in [1.165, 1.54) is 19.3 Å². The van der Waals surface area contributed by atoms with E-state index < -0.39 is 5.54 Å². The molecule has 3 aromatic rings. The number of amides is 1. The second kappa shape index (κ2) is 6.34. The molecule has 2 fully saturated rings. The molecule has 0 aliphatic heterocycles. The molecule has 2 aliphatic rings. The number of nitrogens with one attached hydrogen (secondary N) is 1. The zero-order valence-electron chi connectivity index (χ0n) is 15.7. The number of aromatic nitrogens is 2. The topological polar surface area (TPSA) is 81.7 Å². The summed E-state index contributed by atoms with van der Waals surface area (Å²) in [6.07, 6.45) is 9.25. The number of carbonyl (C=O) groups is 1. The number of hydrogen-bond donors (Lipinski definition) is 2. The van der Waals surface area contributed by atoms with Gasteiger partial charge in [-0.3, -0.25) is 4.79 Å². The molecule has 0 bridgehead atoms. The predicted molar refractivity (Wildman–Crippen MR) is 107 cm³/mol. The molecule has 2 saturated carbocycles. The Hall–Kier alpha value is -2.86. The van der Waals surface area contributed by atoms with Crippen molar-refractivity contribution in [1.82, 2.24) is 9.38 Å². The maximum Gasteiger partial charge on any atom is 0.244 e. The van der Waals surface area contributed by atoms with Crippen LogP contribution in [0.5, 0.6) is 5.75 Å². The Morgan fingerprint density at radius 1 is 1.18 bits per heavy atom. The number of rotatable bonds is 5. The SMILES string of the molecule is NC1(C(=O)Nc2ccc(OCc3cn4ccccc4n3)cc2)CC2(CCC2)C1. The minimum Gasteiger partial charge on any atom is -0.487 e. The standard InChI is InChI=1S/C22H24N4O2/c23-22(14-21(15-22)9-3-10-21)20(27)25-16-5-7-18(8-6-16)28-13-17-12-26-11-2-1-4-19(26)24-17/h1-2,4-8,11-12H,3,9-10,13-15,23H2,(H,25,27). The highest BCUT2D eigenvalue weighted by Crippen LogP contribution is 2.59. The van der Waals surface area contributed by atoms with E-state index in [1.54, 1.807) is 0 Å². The third-order valence-electron chi connectivity index (χ3n) is 6.16. The molecule has 2 aliphatic carbocycles. The van der Waals surface area contributed by atoms with E-state index in [9.17, 15) is 4.79 Å². The van der Waals surface area contributed by atoms with Gasteiger partial charge in [0, 0.05) is 18.1 Å². The van der Waals surface area contributed by atoms with Crippen LogP contribution in [0.1, 0.15) is 37.8 Å². The first-order chi connectivity index (χ1) is 13.5. The van der Waals surface area contributed by atoms with E-state index in [-0.39, 0.29) is 5.91 Å². The van der Waals surface area contributed by atoms with E-state index in [0.29, 0.717) is 12.0 Å². The van der Waals surface area contributed by atoms with Crippen molar-refractivity contribution >= 4 is 17.2 Å². The summed E-state index contributed by atoms with van der Waals surface area (Å²) in [5.74, 6) is 0.651. The molecule has 0 saturated heterocycles. The Bertz CT molecular complexity index is 979. The van der Waals surface area contributed by atoms with Crippen molar-refractivity contribution in [1.29, 1.82) is 0 Å². The molecular formula is C22H24N4O2. The van der Waals surface area contributed by atoms with Crippen LogP contribution in [0.2, 0.25) is 0 Å². The van der Waals surface area contributed by atoms with Gasteiger partial charge in [0.1, 0.15) is 18.0 Å². The highest BCUT2D eigenvalue weighted by molar-refractivity contribution is 5.99. The molecule has 1 amide bonds. The van der Waals surface area contributed by atoms with Crippen molar-refractivity contribution in [2.24, 2.45) is 11.1 Å². The summed E-state index contributed by atoms with van der Waals surface area (Å²) in [6.45, 7) is 0.390. The Kier molecular flexibility index (Phi) is 3.91. The zero-order chi connectivity index (χ0) is 19.2. The Balaban J connectivity index is 1.17. The van der Waals surface area contributed by atoms with Gasteiger partial charge in [0.05, 0.1) is 11.2 Å². The number of benzene rings is 1. The van der Waals surface area contributed by atoms with Gasteiger partial charge < -0.3 is 20.2 Å². The lowest BCUT2D eigenvalue weighted by atomic mass is 9.48. The molecule has 28 heavy (non-hydrogen) atoms. The third kappa shape index (κ3) is 3.03. The average molecular weight is 376 g/mol. The van der Waals surface area contributed by atoms with Crippen LogP contribution in [0.15, 0.2) is 54.9 Å². The van der Waals surface area contributed by atoms with Gasteiger partial charge in [0.25, 0.3) is 0 Å². The fraction of sp³-hybridized carbons (Fsp3) is 0.364. The largest absolute Gasteiger partial charge is 0.487 e. The molecule has 0 radical (unpaired) electrons. The van der Waals surface area contributed by atoms with Crippen LogP contribution >= 0.6 is 0 Å². The van der Waals surface area contributed by atoms with Gasteiger partial charge in [-0.1, -0.05) is 12.5 Å². The summed E-state index contributed by atoms with van der Waals surface area (Å²) in [6, 6.07) is 13.3. The summed E-state index contributed by atoms with van der Waals surface area (Å²) in [7, 11) is 0. The van der Waals surface area contributed by atoms with Crippen LogP contribution < -0.4 is 15.8 Å². The Morgan fingerprint density at radius 2 is 1.96 bits per heavy atom. The minimum absolute atomic E-state index is 0.0802. The molecule has 6 heteroatoms. The second-order valence-electron chi connectivity index (χ2n) is 8.33. The van der Waals surface area contributed by atoms with Crippen LogP contribution in [0.4, 0.5) is 5.69 Å². The molecular weight excluding hydrogens is 352 g/mol. The van der Waals surface area contributed by atoms with Gasteiger partial charge in [-0.25, -0.2) is 4.98 Å². The number of nitrogens with zero attached hydrogens (tertiary/aromatic N) is 2. The number of hydrogen-bond acceptors (Lipinski definition) is 4. The molecule has 2 heterocycles. The van der Waals surface area contributed by atoms with E-state index in [1.807, 2.05) is 59.3 Å². The van der Waals surface area contributed by atoms with Gasteiger partial charge in [-0.2, -0.15) is 0 Å². The number of imidazole rings is 1. The van der Waals surface area contributed by atoms with Crippen molar-refractivity contribution < 1.29 is 9.53 Å². The van der Waals surface area contributed by atoms with Crippen LogP contribution in [0.3, 0.4) is 0 Å². The lowest BCUT2D eigenvalue weighted by molar-refractivity contribution is -0.135. The van der Waals surface area contributed by atoms with Crippen LogP contribution in [-0.4, -0.2) is 20.8 Å². The molecule has 0 unspecified atom stereocenters. The Morgan fingerprint density at radius 3 is 2.64 bits per heavy atom. The van der Waals surface area contributed by atoms with Gasteiger partial charge in [0.15, 0.2) is 0 Å².